The number of aliphatic hydroxyl groups excluding tert-OH is 1. The molecule has 17 heavy (non-hydrogen) atoms. The Balaban J connectivity index is 1.74. The standard InChI is InChI=1S/C11H13BrN4O/c12-10-6-16-8(4-15-11(16)5-14-10)3-13-7-1-9(17)2-7/h4-7,9,13,17H,1-3H2. The molecule has 0 radical (unpaired) electrons. The summed E-state index contributed by atoms with van der Waals surface area (Å²) in [6.07, 6.45) is 7.08. The Morgan fingerprint density at radius 3 is 3.00 bits per heavy atom. The van der Waals surface area contributed by atoms with E-state index >= 15 is 0 Å². The molecule has 0 amide bonds. The summed E-state index contributed by atoms with van der Waals surface area (Å²) in [5, 5.41) is 12.6. The van der Waals surface area contributed by atoms with Gasteiger partial charge in [-0.15, -0.1) is 0 Å². The maximum absolute atomic E-state index is 9.21. The molecule has 0 aliphatic heterocycles. The van der Waals surface area contributed by atoms with Gasteiger partial charge in [-0.25, -0.2) is 9.97 Å². The molecule has 0 spiro atoms. The minimum Gasteiger partial charge on any atom is -0.393 e. The van der Waals surface area contributed by atoms with Crippen molar-refractivity contribution in [2.75, 3.05) is 0 Å². The van der Waals surface area contributed by atoms with Gasteiger partial charge < -0.3 is 10.4 Å². The number of nitrogens with zero attached hydrogens (tertiary/aromatic N) is 3. The van der Waals surface area contributed by atoms with Crippen molar-refractivity contribution in [2.45, 2.75) is 31.5 Å². The molecule has 2 heterocycles. The summed E-state index contributed by atoms with van der Waals surface area (Å²) < 4.78 is 2.81. The molecule has 2 aromatic heterocycles. The molecule has 0 aromatic carbocycles. The Hall–Kier alpha value is -0.980. The van der Waals surface area contributed by atoms with Crippen LogP contribution in [-0.4, -0.2) is 31.6 Å². The van der Waals surface area contributed by atoms with Gasteiger partial charge in [-0.05, 0) is 28.8 Å². The SMILES string of the molecule is OC1CC(NCc2cnc3cnc(Br)cn23)C1. The minimum atomic E-state index is -0.118. The number of aliphatic hydroxyl groups is 1. The van der Waals surface area contributed by atoms with Gasteiger partial charge in [-0.2, -0.15) is 0 Å². The first-order valence-corrected chi connectivity index (χ1v) is 6.40. The van der Waals surface area contributed by atoms with E-state index in [1.165, 1.54) is 0 Å². The molecule has 0 atom stereocenters. The van der Waals surface area contributed by atoms with Gasteiger partial charge in [0.1, 0.15) is 4.60 Å². The van der Waals surface area contributed by atoms with Gasteiger partial charge in [0.05, 0.1) is 24.2 Å². The Labute approximate surface area is 107 Å². The second-order valence-electron chi connectivity index (χ2n) is 4.39. The van der Waals surface area contributed by atoms with Crippen molar-refractivity contribution >= 4 is 21.6 Å². The highest BCUT2D eigenvalue weighted by Crippen LogP contribution is 2.20. The fourth-order valence-corrected chi connectivity index (χ4v) is 2.36. The summed E-state index contributed by atoms with van der Waals surface area (Å²) in [5.74, 6) is 0. The van der Waals surface area contributed by atoms with Crippen molar-refractivity contribution in [2.24, 2.45) is 0 Å². The molecule has 5 nitrogen and oxygen atoms in total. The topological polar surface area (TPSA) is 62.5 Å². The van der Waals surface area contributed by atoms with Crippen molar-refractivity contribution in [3.05, 3.63) is 28.9 Å². The molecule has 1 aliphatic rings. The van der Waals surface area contributed by atoms with E-state index in [2.05, 4.69) is 31.2 Å². The number of halogens is 1. The number of hydrogen-bond donors (Lipinski definition) is 2. The molecule has 1 saturated carbocycles. The normalized spacial score (nSPS) is 23.9. The third-order valence-corrected chi connectivity index (χ3v) is 3.54. The molecule has 1 fully saturated rings. The van der Waals surface area contributed by atoms with Crippen LogP contribution in [0.3, 0.4) is 0 Å². The van der Waals surface area contributed by atoms with Crippen LogP contribution < -0.4 is 5.32 Å². The van der Waals surface area contributed by atoms with Gasteiger partial charge in [0.15, 0.2) is 5.65 Å². The second kappa shape index (κ2) is 4.36. The van der Waals surface area contributed by atoms with Gasteiger partial charge in [0, 0.05) is 18.8 Å². The predicted molar refractivity (Wildman–Crippen MR) is 66.6 cm³/mol. The van der Waals surface area contributed by atoms with Crippen molar-refractivity contribution in [3.63, 3.8) is 0 Å². The average Bonchev–Trinajstić information content (AvgIpc) is 2.65. The smallest absolute Gasteiger partial charge is 0.155 e. The first kappa shape index (κ1) is 11.1. The highest BCUT2D eigenvalue weighted by molar-refractivity contribution is 9.10. The fraction of sp³-hybridized carbons (Fsp3) is 0.455. The van der Waals surface area contributed by atoms with E-state index in [0.717, 1.165) is 35.3 Å². The highest BCUT2D eigenvalue weighted by Gasteiger charge is 2.26. The lowest BCUT2D eigenvalue weighted by atomic mass is 9.89. The van der Waals surface area contributed by atoms with Crippen molar-refractivity contribution in [3.8, 4) is 0 Å². The minimum absolute atomic E-state index is 0.118. The zero-order valence-corrected chi connectivity index (χ0v) is 10.8. The largest absolute Gasteiger partial charge is 0.393 e. The van der Waals surface area contributed by atoms with E-state index in [-0.39, 0.29) is 6.10 Å². The number of hydrogen-bond acceptors (Lipinski definition) is 4. The van der Waals surface area contributed by atoms with E-state index in [4.69, 9.17) is 0 Å². The number of imidazole rings is 1. The summed E-state index contributed by atoms with van der Waals surface area (Å²) in [6.45, 7) is 0.759. The van der Waals surface area contributed by atoms with Crippen LogP contribution in [0.4, 0.5) is 0 Å². The van der Waals surface area contributed by atoms with Gasteiger partial charge in [0.2, 0.25) is 0 Å². The third-order valence-electron chi connectivity index (χ3n) is 3.13. The maximum atomic E-state index is 9.21. The number of fused-ring (bicyclic) bond motifs is 1. The van der Waals surface area contributed by atoms with Crippen LogP contribution in [0.1, 0.15) is 18.5 Å². The first-order valence-electron chi connectivity index (χ1n) is 5.61. The van der Waals surface area contributed by atoms with Gasteiger partial charge >= 0.3 is 0 Å². The van der Waals surface area contributed by atoms with Gasteiger partial charge in [-0.3, -0.25) is 4.40 Å². The Morgan fingerprint density at radius 1 is 1.41 bits per heavy atom. The van der Waals surface area contributed by atoms with E-state index in [0.29, 0.717) is 6.04 Å². The molecule has 2 N–H and O–H groups in total. The summed E-state index contributed by atoms with van der Waals surface area (Å²) in [5.41, 5.74) is 1.95. The maximum Gasteiger partial charge on any atom is 0.155 e. The summed E-state index contributed by atoms with van der Waals surface area (Å²) >= 11 is 3.35. The van der Waals surface area contributed by atoms with Crippen LogP contribution >= 0.6 is 15.9 Å². The molecule has 0 unspecified atom stereocenters. The van der Waals surface area contributed by atoms with Crippen LogP contribution in [0.2, 0.25) is 0 Å². The quantitative estimate of drug-likeness (QED) is 0.891. The van der Waals surface area contributed by atoms with Crippen LogP contribution in [-0.2, 0) is 6.54 Å². The van der Waals surface area contributed by atoms with E-state index in [1.54, 1.807) is 6.20 Å². The van der Waals surface area contributed by atoms with Crippen molar-refractivity contribution < 1.29 is 5.11 Å². The molecule has 0 saturated heterocycles. The lowest BCUT2D eigenvalue weighted by Crippen LogP contribution is -2.43. The Morgan fingerprint density at radius 2 is 2.24 bits per heavy atom. The molecular formula is C11H13BrN4O. The van der Waals surface area contributed by atoms with Crippen LogP contribution in [0.25, 0.3) is 5.65 Å². The molecule has 0 bridgehead atoms. The Kier molecular flexibility index (Phi) is 2.85. The highest BCUT2D eigenvalue weighted by atomic mass is 79.9. The zero-order valence-electron chi connectivity index (χ0n) is 9.17. The zero-order chi connectivity index (χ0) is 11.8. The van der Waals surface area contributed by atoms with Crippen LogP contribution in [0.5, 0.6) is 0 Å². The lowest BCUT2D eigenvalue weighted by molar-refractivity contribution is 0.0618. The third kappa shape index (κ3) is 2.20. The summed E-state index contributed by atoms with van der Waals surface area (Å²) in [4.78, 5) is 8.42. The van der Waals surface area contributed by atoms with Crippen LogP contribution in [0.15, 0.2) is 23.2 Å². The van der Waals surface area contributed by atoms with Gasteiger partial charge in [-0.1, -0.05) is 0 Å². The van der Waals surface area contributed by atoms with Gasteiger partial charge in [0.25, 0.3) is 0 Å². The fourth-order valence-electron chi connectivity index (χ4n) is 2.05. The van der Waals surface area contributed by atoms with Crippen LogP contribution in [0, 0.1) is 0 Å². The Bertz CT molecular complexity index is 535. The van der Waals surface area contributed by atoms with Crippen molar-refractivity contribution in [1.82, 2.24) is 19.7 Å². The molecular weight excluding hydrogens is 284 g/mol. The number of nitrogens with one attached hydrogen (secondary N) is 1. The average molecular weight is 297 g/mol. The van der Waals surface area contributed by atoms with E-state index in [9.17, 15) is 5.11 Å². The number of aromatic nitrogens is 3. The molecule has 6 heteroatoms. The predicted octanol–water partition coefficient (Wildman–Crippen LogP) is 1.10. The molecule has 90 valence electrons. The summed E-state index contributed by atoms with van der Waals surface area (Å²) in [7, 11) is 0. The molecule has 3 rings (SSSR count). The lowest BCUT2D eigenvalue weighted by Gasteiger charge is -2.32. The monoisotopic (exact) mass is 296 g/mol. The van der Waals surface area contributed by atoms with Crippen molar-refractivity contribution in [1.29, 1.82) is 0 Å². The summed E-state index contributed by atoms with van der Waals surface area (Å²) in [6, 6.07) is 0.431. The number of rotatable bonds is 3. The molecule has 2 aromatic rings. The van der Waals surface area contributed by atoms with E-state index in [1.807, 2.05) is 16.8 Å². The van der Waals surface area contributed by atoms with E-state index < -0.39 is 0 Å². The first-order chi connectivity index (χ1) is 8.22. The second-order valence-corrected chi connectivity index (χ2v) is 5.20. The molecule has 1 aliphatic carbocycles.